The molecule has 0 spiro atoms. The van der Waals surface area contributed by atoms with E-state index in [0.29, 0.717) is 19.8 Å². The van der Waals surface area contributed by atoms with Crippen molar-refractivity contribution in [3.05, 3.63) is 36.0 Å². The molecular weight excluding hydrogens is 274 g/mol. The van der Waals surface area contributed by atoms with E-state index < -0.39 is 0 Å². The summed E-state index contributed by atoms with van der Waals surface area (Å²) in [5.74, 6) is 1.58. The van der Waals surface area contributed by atoms with Gasteiger partial charge in [0.1, 0.15) is 5.03 Å². The molecule has 1 aromatic carbocycles. The van der Waals surface area contributed by atoms with Crippen LogP contribution in [0.2, 0.25) is 0 Å². The summed E-state index contributed by atoms with van der Waals surface area (Å²) in [6.45, 7) is 1.82. The van der Waals surface area contributed by atoms with Crippen LogP contribution in [0.25, 0.3) is 0 Å². The van der Waals surface area contributed by atoms with E-state index in [-0.39, 0.29) is 0 Å². The van der Waals surface area contributed by atoms with Crippen LogP contribution in [0, 0.1) is 0 Å². The lowest BCUT2D eigenvalue weighted by Crippen LogP contribution is -2.00. The van der Waals surface area contributed by atoms with Gasteiger partial charge in [-0.15, -0.1) is 5.10 Å². The van der Waals surface area contributed by atoms with Gasteiger partial charge in [-0.25, -0.2) is 0 Å². The Labute approximate surface area is 121 Å². The van der Waals surface area contributed by atoms with Gasteiger partial charge in [0.05, 0.1) is 13.2 Å². The van der Waals surface area contributed by atoms with E-state index in [9.17, 15) is 0 Å². The highest BCUT2D eigenvalue weighted by Gasteiger charge is 2.12. The molecular formula is C14H15N3O2S. The first-order valence-corrected chi connectivity index (χ1v) is 7.26. The van der Waals surface area contributed by atoms with Gasteiger partial charge in [0.25, 0.3) is 0 Å². The van der Waals surface area contributed by atoms with Crippen molar-refractivity contribution in [2.24, 2.45) is 5.73 Å². The molecule has 5 nitrogen and oxygen atoms in total. The third-order valence-electron chi connectivity index (χ3n) is 2.92. The van der Waals surface area contributed by atoms with Crippen molar-refractivity contribution in [3.8, 4) is 11.5 Å². The fraction of sp³-hybridized carbons (Fsp3) is 0.286. The van der Waals surface area contributed by atoms with Crippen LogP contribution in [0.4, 0.5) is 0 Å². The predicted octanol–water partition coefficient (Wildman–Crippen LogP) is 2.25. The molecule has 1 aliphatic heterocycles. The van der Waals surface area contributed by atoms with Gasteiger partial charge in [0, 0.05) is 29.6 Å². The summed E-state index contributed by atoms with van der Waals surface area (Å²) >= 11 is 1.53. The topological polar surface area (TPSA) is 70.3 Å². The third-order valence-corrected chi connectivity index (χ3v) is 3.95. The minimum Gasteiger partial charge on any atom is -0.490 e. The number of hydrogen-bond donors (Lipinski definition) is 1. The Kier molecular flexibility index (Phi) is 4.03. The zero-order chi connectivity index (χ0) is 13.8. The Morgan fingerprint density at radius 2 is 2.00 bits per heavy atom. The maximum Gasteiger partial charge on any atom is 0.162 e. The molecule has 6 heteroatoms. The lowest BCUT2D eigenvalue weighted by Gasteiger charge is -2.09. The summed E-state index contributed by atoms with van der Waals surface area (Å²) in [6.07, 6.45) is 2.55. The first-order chi connectivity index (χ1) is 9.86. The summed E-state index contributed by atoms with van der Waals surface area (Å²) in [4.78, 5) is 1.03. The standard InChI is InChI=1S/C14H15N3O2S/c15-9-10-4-5-16-17-14(10)20-11-2-3-12-13(8-11)19-7-1-6-18-12/h2-5,8H,1,6-7,9,15H2. The van der Waals surface area contributed by atoms with Crippen LogP contribution in [0.3, 0.4) is 0 Å². The van der Waals surface area contributed by atoms with Gasteiger partial charge in [0.15, 0.2) is 11.5 Å². The van der Waals surface area contributed by atoms with Crippen LogP contribution in [0.5, 0.6) is 11.5 Å². The fourth-order valence-corrected chi connectivity index (χ4v) is 2.80. The molecule has 104 valence electrons. The summed E-state index contributed by atoms with van der Waals surface area (Å²) < 4.78 is 11.3. The molecule has 0 aliphatic carbocycles. The molecule has 0 bridgehead atoms. The third kappa shape index (κ3) is 2.86. The molecule has 0 radical (unpaired) electrons. The van der Waals surface area contributed by atoms with Crippen LogP contribution < -0.4 is 15.2 Å². The molecule has 0 unspecified atom stereocenters. The molecule has 0 saturated heterocycles. The maximum atomic E-state index is 5.71. The van der Waals surface area contributed by atoms with Crippen molar-refractivity contribution in [2.75, 3.05) is 13.2 Å². The van der Waals surface area contributed by atoms with Crippen molar-refractivity contribution in [1.29, 1.82) is 0 Å². The van der Waals surface area contributed by atoms with Crippen LogP contribution in [-0.2, 0) is 6.54 Å². The van der Waals surface area contributed by atoms with Crippen LogP contribution >= 0.6 is 11.8 Å². The van der Waals surface area contributed by atoms with Crippen molar-refractivity contribution in [2.45, 2.75) is 22.9 Å². The number of rotatable bonds is 3. The number of nitrogens with zero attached hydrogens (tertiary/aromatic N) is 2. The average Bonchev–Trinajstić information content (AvgIpc) is 2.72. The van der Waals surface area contributed by atoms with E-state index in [1.165, 1.54) is 11.8 Å². The van der Waals surface area contributed by atoms with E-state index in [1.807, 2.05) is 24.3 Å². The number of ether oxygens (including phenoxy) is 2. The molecule has 3 rings (SSSR count). The van der Waals surface area contributed by atoms with Gasteiger partial charge in [-0.2, -0.15) is 5.10 Å². The van der Waals surface area contributed by atoms with Gasteiger partial charge < -0.3 is 15.2 Å². The summed E-state index contributed by atoms with van der Waals surface area (Å²) in [6, 6.07) is 7.79. The molecule has 0 amide bonds. The highest BCUT2D eigenvalue weighted by Crippen LogP contribution is 2.36. The lowest BCUT2D eigenvalue weighted by molar-refractivity contribution is 0.297. The Hall–Kier alpha value is -1.79. The Morgan fingerprint density at radius 3 is 2.85 bits per heavy atom. The molecule has 0 atom stereocenters. The summed E-state index contributed by atoms with van der Waals surface area (Å²) in [7, 11) is 0. The van der Waals surface area contributed by atoms with E-state index in [2.05, 4.69) is 10.2 Å². The number of aromatic nitrogens is 2. The first-order valence-electron chi connectivity index (χ1n) is 6.45. The summed E-state index contributed by atoms with van der Waals surface area (Å²) in [5, 5.41) is 8.87. The quantitative estimate of drug-likeness (QED) is 0.934. The largest absolute Gasteiger partial charge is 0.490 e. The van der Waals surface area contributed by atoms with E-state index in [0.717, 1.165) is 33.4 Å². The van der Waals surface area contributed by atoms with Gasteiger partial charge in [0.2, 0.25) is 0 Å². The fourth-order valence-electron chi connectivity index (χ4n) is 1.90. The van der Waals surface area contributed by atoms with E-state index >= 15 is 0 Å². The number of hydrogen-bond acceptors (Lipinski definition) is 6. The van der Waals surface area contributed by atoms with Crippen molar-refractivity contribution < 1.29 is 9.47 Å². The van der Waals surface area contributed by atoms with E-state index in [1.54, 1.807) is 6.20 Å². The second-order valence-corrected chi connectivity index (χ2v) is 5.39. The van der Waals surface area contributed by atoms with Crippen molar-refractivity contribution in [3.63, 3.8) is 0 Å². The summed E-state index contributed by atoms with van der Waals surface area (Å²) in [5.41, 5.74) is 6.69. The molecule has 2 heterocycles. The molecule has 2 aromatic rings. The molecule has 0 saturated carbocycles. The van der Waals surface area contributed by atoms with E-state index in [4.69, 9.17) is 15.2 Å². The highest BCUT2D eigenvalue weighted by molar-refractivity contribution is 7.99. The second-order valence-electron chi connectivity index (χ2n) is 4.33. The molecule has 2 N–H and O–H groups in total. The lowest BCUT2D eigenvalue weighted by atomic mass is 10.3. The highest BCUT2D eigenvalue weighted by atomic mass is 32.2. The zero-order valence-electron chi connectivity index (χ0n) is 10.9. The van der Waals surface area contributed by atoms with Gasteiger partial charge >= 0.3 is 0 Å². The first kappa shape index (κ1) is 13.2. The normalized spacial score (nSPS) is 13.8. The van der Waals surface area contributed by atoms with Crippen LogP contribution in [0.1, 0.15) is 12.0 Å². The Morgan fingerprint density at radius 1 is 1.15 bits per heavy atom. The van der Waals surface area contributed by atoms with Gasteiger partial charge in [-0.05, 0) is 24.3 Å². The minimum atomic E-state index is 0.447. The van der Waals surface area contributed by atoms with Gasteiger partial charge in [-0.1, -0.05) is 11.8 Å². The number of nitrogens with two attached hydrogens (primary N) is 1. The van der Waals surface area contributed by atoms with Crippen molar-refractivity contribution >= 4 is 11.8 Å². The van der Waals surface area contributed by atoms with Crippen LogP contribution in [0.15, 0.2) is 40.4 Å². The number of benzene rings is 1. The molecule has 0 fully saturated rings. The van der Waals surface area contributed by atoms with Gasteiger partial charge in [-0.3, -0.25) is 0 Å². The Balaban J connectivity index is 1.86. The number of fused-ring (bicyclic) bond motifs is 1. The van der Waals surface area contributed by atoms with Crippen LogP contribution in [-0.4, -0.2) is 23.4 Å². The maximum absolute atomic E-state index is 5.71. The molecule has 20 heavy (non-hydrogen) atoms. The molecule has 1 aliphatic rings. The SMILES string of the molecule is NCc1ccnnc1Sc1ccc2c(c1)OCCCO2. The van der Waals surface area contributed by atoms with Crippen molar-refractivity contribution in [1.82, 2.24) is 10.2 Å². The average molecular weight is 289 g/mol. The molecule has 1 aromatic heterocycles. The smallest absolute Gasteiger partial charge is 0.162 e. The predicted molar refractivity (Wildman–Crippen MR) is 76.1 cm³/mol. The zero-order valence-corrected chi connectivity index (χ0v) is 11.7. The second kappa shape index (κ2) is 6.11. The monoisotopic (exact) mass is 289 g/mol. The Bertz CT molecular complexity index is 607. The minimum absolute atomic E-state index is 0.447.